The number of benzene rings is 3. The van der Waals surface area contributed by atoms with E-state index in [1.807, 2.05) is 18.2 Å². The van der Waals surface area contributed by atoms with Gasteiger partial charge in [-0.05, 0) is 48.9 Å². The van der Waals surface area contributed by atoms with E-state index in [9.17, 15) is 13.2 Å². The molecule has 160 valence electrons. The number of sulfonamides is 1. The van der Waals surface area contributed by atoms with E-state index in [-0.39, 0.29) is 4.90 Å². The number of carbonyl (C=O) groups is 1. The maximum absolute atomic E-state index is 12.9. The summed E-state index contributed by atoms with van der Waals surface area (Å²) in [5.41, 5.74) is 2.15. The van der Waals surface area contributed by atoms with Crippen molar-refractivity contribution in [3.63, 3.8) is 0 Å². The molecule has 0 radical (unpaired) electrons. The lowest BCUT2D eigenvalue weighted by atomic mass is 10.2. The first-order valence-corrected chi connectivity index (χ1v) is 11.1. The number of hydrogen-bond donors (Lipinski definition) is 3. The standard InChI is InChI=1S/C22H21N3O5S/c1-15-7-8-17(24-22(26)23-16-5-3-2-4-6-16)13-19(15)25-31(27,28)18-9-10-20-21(14-18)30-12-11-29-20/h2-10,13-14,25H,11-12H2,1H3,(H2,23,24,26). The van der Waals surface area contributed by atoms with Crippen molar-refractivity contribution in [3.05, 3.63) is 72.3 Å². The molecule has 9 heteroatoms. The number of ether oxygens (including phenoxy) is 2. The van der Waals surface area contributed by atoms with Gasteiger partial charge in [0.1, 0.15) is 13.2 Å². The van der Waals surface area contributed by atoms with Crippen molar-refractivity contribution in [2.24, 2.45) is 0 Å². The fourth-order valence-corrected chi connectivity index (χ4v) is 4.16. The van der Waals surface area contributed by atoms with E-state index in [0.29, 0.717) is 47.3 Å². The molecule has 1 aliphatic heterocycles. The minimum atomic E-state index is -3.88. The number of nitrogens with one attached hydrogen (secondary N) is 3. The Morgan fingerprint density at radius 3 is 2.32 bits per heavy atom. The van der Waals surface area contributed by atoms with Crippen molar-refractivity contribution in [3.8, 4) is 11.5 Å². The van der Waals surface area contributed by atoms with Crippen molar-refractivity contribution in [1.82, 2.24) is 0 Å². The van der Waals surface area contributed by atoms with Crippen LogP contribution in [0.3, 0.4) is 0 Å². The summed E-state index contributed by atoms with van der Waals surface area (Å²) in [6.07, 6.45) is 0. The molecule has 1 aliphatic rings. The molecule has 0 saturated carbocycles. The van der Waals surface area contributed by atoms with Crippen LogP contribution in [0.25, 0.3) is 0 Å². The molecule has 3 aromatic carbocycles. The lowest BCUT2D eigenvalue weighted by Crippen LogP contribution is -2.20. The fourth-order valence-electron chi connectivity index (χ4n) is 3.02. The van der Waals surface area contributed by atoms with Crippen molar-refractivity contribution < 1.29 is 22.7 Å². The van der Waals surface area contributed by atoms with E-state index in [2.05, 4.69) is 15.4 Å². The van der Waals surface area contributed by atoms with Crippen molar-refractivity contribution in [2.75, 3.05) is 28.6 Å². The highest BCUT2D eigenvalue weighted by atomic mass is 32.2. The van der Waals surface area contributed by atoms with E-state index in [1.165, 1.54) is 12.1 Å². The quantitative estimate of drug-likeness (QED) is 0.552. The summed E-state index contributed by atoms with van der Waals surface area (Å²) in [6, 6.07) is 18.0. The van der Waals surface area contributed by atoms with Gasteiger partial charge in [-0.2, -0.15) is 0 Å². The lowest BCUT2D eigenvalue weighted by Gasteiger charge is -2.19. The second kappa shape index (κ2) is 8.57. The number of para-hydroxylation sites is 1. The number of fused-ring (bicyclic) bond motifs is 1. The summed E-state index contributed by atoms with van der Waals surface area (Å²) >= 11 is 0. The molecule has 0 saturated heterocycles. The van der Waals surface area contributed by atoms with Crippen LogP contribution in [0, 0.1) is 6.92 Å². The van der Waals surface area contributed by atoms with Gasteiger partial charge in [-0.3, -0.25) is 4.72 Å². The van der Waals surface area contributed by atoms with Crippen LogP contribution in [0.2, 0.25) is 0 Å². The Labute approximate surface area is 180 Å². The molecule has 0 atom stereocenters. The van der Waals surface area contributed by atoms with E-state index >= 15 is 0 Å². The minimum absolute atomic E-state index is 0.0522. The molecule has 0 aromatic heterocycles. The predicted octanol–water partition coefficient (Wildman–Crippen LogP) is 4.21. The van der Waals surface area contributed by atoms with E-state index in [4.69, 9.17) is 9.47 Å². The Hall–Kier alpha value is -3.72. The molecule has 8 nitrogen and oxygen atoms in total. The first-order valence-electron chi connectivity index (χ1n) is 9.57. The summed E-state index contributed by atoms with van der Waals surface area (Å²) in [4.78, 5) is 12.3. The normalized spacial score (nSPS) is 12.7. The van der Waals surface area contributed by atoms with E-state index in [0.717, 1.165) is 0 Å². The summed E-state index contributed by atoms with van der Waals surface area (Å²) in [5, 5.41) is 5.42. The van der Waals surface area contributed by atoms with Crippen LogP contribution in [0.5, 0.6) is 11.5 Å². The molecule has 2 amide bonds. The molecule has 1 heterocycles. The Morgan fingerprint density at radius 1 is 0.839 bits per heavy atom. The van der Waals surface area contributed by atoms with Crippen LogP contribution in [-0.2, 0) is 10.0 Å². The Kier molecular flexibility index (Phi) is 5.68. The zero-order chi connectivity index (χ0) is 21.8. The smallest absolute Gasteiger partial charge is 0.323 e. The third kappa shape index (κ3) is 4.89. The van der Waals surface area contributed by atoms with Crippen molar-refractivity contribution in [2.45, 2.75) is 11.8 Å². The maximum atomic E-state index is 12.9. The van der Waals surface area contributed by atoms with Gasteiger partial charge in [0.05, 0.1) is 10.6 Å². The average Bonchev–Trinajstić information content (AvgIpc) is 2.76. The van der Waals surface area contributed by atoms with Gasteiger partial charge >= 0.3 is 6.03 Å². The lowest BCUT2D eigenvalue weighted by molar-refractivity contribution is 0.171. The van der Waals surface area contributed by atoms with Gasteiger partial charge < -0.3 is 20.1 Å². The molecule has 0 fully saturated rings. The first kappa shape index (κ1) is 20.5. The predicted molar refractivity (Wildman–Crippen MR) is 119 cm³/mol. The highest BCUT2D eigenvalue weighted by Gasteiger charge is 2.20. The summed E-state index contributed by atoms with van der Waals surface area (Å²) in [5.74, 6) is 0.899. The van der Waals surface area contributed by atoms with Crippen LogP contribution < -0.4 is 24.8 Å². The molecule has 3 aromatic rings. The first-order chi connectivity index (χ1) is 14.9. The summed E-state index contributed by atoms with van der Waals surface area (Å²) in [7, 11) is -3.88. The van der Waals surface area contributed by atoms with Gasteiger partial charge in [-0.15, -0.1) is 0 Å². The van der Waals surface area contributed by atoms with Crippen LogP contribution >= 0.6 is 0 Å². The summed E-state index contributed by atoms with van der Waals surface area (Å²) < 4.78 is 39.3. The highest BCUT2D eigenvalue weighted by Crippen LogP contribution is 2.33. The summed E-state index contributed by atoms with van der Waals surface area (Å²) in [6.45, 7) is 2.56. The van der Waals surface area contributed by atoms with Crippen LogP contribution in [0.4, 0.5) is 21.9 Å². The molecule has 0 spiro atoms. The highest BCUT2D eigenvalue weighted by molar-refractivity contribution is 7.92. The maximum Gasteiger partial charge on any atom is 0.323 e. The van der Waals surface area contributed by atoms with Crippen LogP contribution in [-0.4, -0.2) is 27.7 Å². The van der Waals surface area contributed by atoms with Crippen molar-refractivity contribution in [1.29, 1.82) is 0 Å². The molecular formula is C22H21N3O5S. The fraction of sp³-hybridized carbons (Fsp3) is 0.136. The van der Waals surface area contributed by atoms with Gasteiger partial charge in [0.2, 0.25) is 0 Å². The van der Waals surface area contributed by atoms with Crippen LogP contribution in [0.15, 0.2) is 71.6 Å². The second-order valence-electron chi connectivity index (χ2n) is 6.89. The number of urea groups is 1. The monoisotopic (exact) mass is 439 g/mol. The number of amides is 2. The molecular weight excluding hydrogens is 418 g/mol. The van der Waals surface area contributed by atoms with Crippen LogP contribution in [0.1, 0.15) is 5.56 Å². The van der Waals surface area contributed by atoms with Gasteiger partial charge in [-0.25, -0.2) is 13.2 Å². The molecule has 0 aliphatic carbocycles. The number of aryl methyl sites for hydroxylation is 1. The Balaban J connectivity index is 1.51. The Morgan fingerprint density at radius 2 is 1.55 bits per heavy atom. The number of rotatable bonds is 5. The third-order valence-corrected chi connectivity index (χ3v) is 5.96. The number of carbonyl (C=O) groups excluding carboxylic acids is 1. The molecule has 3 N–H and O–H groups in total. The van der Waals surface area contributed by atoms with Gasteiger partial charge in [0.15, 0.2) is 11.5 Å². The number of anilines is 3. The molecule has 4 rings (SSSR count). The Bertz CT molecular complexity index is 1210. The van der Waals surface area contributed by atoms with E-state index in [1.54, 1.807) is 43.3 Å². The SMILES string of the molecule is Cc1ccc(NC(=O)Nc2ccccc2)cc1NS(=O)(=O)c1ccc2c(c1)OCCO2. The molecule has 0 unspecified atom stereocenters. The number of hydrogen-bond acceptors (Lipinski definition) is 5. The van der Waals surface area contributed by atoms with Gasteiger partial charge in [-0.1, -0.05) is 24.3 Å². The molecule has 0 bridgehead atoms. The third-order valence-electron chi connectivity index (χ3n) is 4.60. The van der Waals surface area contributed by atoms with Gasteiger partial charge in [0, 0.05) is 17.4 Å². The zero-order valence-electron chi connectivity index (χ0n) is 16.7. The van der Waals surface area contributed by atoms with Crippen molar-refractivity contribution >= 4 is 33.1 Å². The topological polar surface area (TPSA) is 106 Å². The van der Waals surface area contributed by atoms with E-state index < -0.39 is 16.1 Å². The zero-order valence-corrected chi connectivity index (χ0v) is 17.5. The van der Waals surface area contributed by atoms with Gasteiger partial charge in [0.25, 0.3) is 10.0 Å². The average molecular weight is 439 g/mol. The minimum Gasteiger partial charge on any atom is -0.486 e. The largest absolute Gasteiger partial charge is 0.486 e. The molecule has 31 heavy (non-hydrogen) atoms. The second-order valence-corrected chi connectivity index (χ2v) is 8.57.